The van der Waals surface area contributed by atoms with Crippen molar-refractivity contribution in [1.82, 2.24) is 0 Å². The van der Waals surface area contributed by atoms with Crippen LogP contribution in [-0.2, 0) is 11.2 Å². The van der Waals surface area contributed by atoms with Crippen LogP contribution in [0.5, 0.6) is 0 Å². The molecule has 1 aliphatic rings. The molecule has 1 fully saturated rings. The Morgan fingerprint density at radius 1 is 0.870 bits per heavy atom. The first-order valence-electron chi connectivity index (χ1n) is 10.0. The number of hydrogen-bond acceptors (Lipinski definition) is 1. The maximum Gasteiger partial charge on any atom is 0.0825 e. The van der Waals surface area contributed by atoms with Crippen molar-refractivity contribution in [3.63, 3.8) is 0 Å². The quantitative estimate of drug-likeness (QED) is 0.428. The summed E-state index contributed by atoms with van der Waals surface area (Å²) in [5.74, 6) is 0.795. The summed E-state index contributed by atoms with van der Waals surface area (Å²) in [6.07, 6.45) is 15.0. The van der Waals surface area contributed by atoms with Crippen molar-refractivity contribution in [3.8, 4) is 0 Å². The van der Waals surface area contributed by atoms with Crippen molar-refractivity contribution in [2.45, 2.75) is 90.6 Å². The number of aryl methyl sites for hydroxylation is 1. The molecule has 0 aromatic heterocycles. The highest BCUT2D eigenvalue weighted by atomic mass is 16.5. The van der Waals surface area contributed by atoms with Crippen LogP contribution < -0.4 is 0 Å². The molecule has 2 rings (SSSR count). The Balaban J connectivity index is 1.68. The van der Waals surface area contributed by atoms with Crippen molar-refractivity contribution in [2.75, 3.05) is 6.61 Å². The van der Waals surface area contributed by atoms with E-state index < -0.39 is 0 Å². The molecule has 2 unspecified atom stereocenters. The van der Waals surface area contributed by atoms with Gasteiger partial charge in [0, 0.05) is 0 Å². The third kappa shape index (κ3) is 6.67. The Bertz CT molecular complexity index is 400. The first kappa shape index (κ1) is 18.5. The summed E-state index contributed by atoms with van der Waals surface area (Å²) in [6.45, 7) is 5.51. The van der Waals surface area contributed by atoms with E-state index in [-0.39, 0.29) is 0 Å². The normalized spacial score (nSPS) is 21.5. The topological polar surface area (TPSA) is 9.23 Å². The van der Waals surface area contributed by atoms with Crippen molar-refractivity contribution in [3.05, 3.63) is 35.4 Å². The molecule has 1 aromatic carbocycles. The first-order chi connectivity index (χ1) is 11.3. The second kappa shape index (κ2) is 10.9. The van der Waals surface area contributed by atoms with E-state index in [0.717, 1.165) is 12.5 Å². The van der Waals surface area contributed by atoms with Gasteiger partial charge < -0.3 is 4.74 Å². The molecule has 2 atom stereocenters. The third-order valence-corrected chi connectivity index (χ3v) is 5.24. The molecule has 0 radical (unpaired) electrons. The van der Waals surface area contributed by atoms with Gasteiger partial charge in [0.1, 0.15) is 0 Å². The van der Waals surface area contributed by atoms with Gasteiger partial charge in [0.15, 0.2) is 0 Å². The molecule has 0 aliphatic carbocycles. The van der Waals surface area contributed by atoms with Gasteiger partial charge in [0.05, 0.1) is 12.7 Å². The highest BCUT2D eigenvalue weighted by molar-refractivity contribution is 5.24. The predicted molar refractivity (Wildman–Crippen MR) is 99.8 cm³/mol. The summed E-state index contributed by atoms with van der Waals surface area (Å²) in [4.78, 5) is 0. The fourth-order valence-electron chi connectivity index (χ4n) is 3.71. The van der Waals surface area contributed by atoms with Gasteiger partial charge in [-0.3, -0.25) is 0 Å². The van der Waals surface area contributed by atoms with Gasteiger partial charge in [-0.05, 0) is 49.1 Å². The van der Waals surface area contributed by atoms with Gasteiger partial charge >= 0.3 is 0 Å². The zero-order valence-electron chi connectivity index (χ0n) is 15.4. The second-order valence-electron chi connectivity index (χ2n) is 7.31. The lowest BCUT2D eigenvalue weighted by Gasteiger charge is -2.29. The lowest BCUT2D eigenvalue weighted by atomic mass is 9.91. The molecule has 1 heterocycles. The molecule has 1 saturated heterocycles. The van der Waals surface area contributed by atoms with Crippen LogP contribution in [0.1, 0.15) is 95.3 Å². The Kier molecular flexibility index (Phi) is 8.74. The van der Waals surface area contributed by atoms with Crippen LogP contribution in [0.4, 0.5) is 0 Å². The second-order valence-corrected chi connectivity index (χ2v) is 7.31. The van der Waals surface area contributed by atoms with Gasteiger partial charge in [0.2, 0.25) is 0 Å². The summed E-state index contributed by atoms with van der Waals surface area (Å²) in [7, 11) is 0. The molecule has 0 amide bonds. The summed E-state index contributed by atoms with van der Waals surface area (Å²) >= 11 is 0. The lowest BCUT2D eigenvalue weighted by molar-refractivity contribution is -0.0194. The van der Waals surface area contributed by atoms with E-state index in [1.165, 1.54) is 81.8 Å². The number of hydrogen-bond donors (Lipinski definition) is 0. The molecule has 1 aliphatic heterocycles. The minimum absolute atomic E-state index is 0.339. The zero-order chi connectivity index (χ0) is 16.3. The molecule has 23 heavy (non-hydrogen) atoms. The summed E-state index contributed by atoms with van der Waals surface area (Å²) < 4.78 is 6.11. The number of unbranched alkanes of at least 4 members (excludes halogenated alkanes) is 5. The number of ether oxygens (including phenoxy) is 1. The molecular weight excluding hydrogens is 280 g/mol. The molecule has 130 valence electrons. The Hall–Kier alpha value is -0.820. The highest BCUT2D eigenvalue weighted by Crippen LogP contribution is 2.32. The summed E-state index contributed by atoms with van der Waals surface area (Å²) in [6, 6.07) is 9.25. The molecule has 1 heteroatoms. The van der Waals surface area contributed by atoms with Crippen LogP contribution in [0.3, 0.4) is 0 Å². The predicted octanol–water partition coefficient (Wildman–Crippen LogP) is 6.86. The zero-order valence-corrected chi connectivity index (χ0v) is 15.4. The van der Waals surface area contributed by atoms with Crippen LogP contribution in [-0.4, -0.2) is 6.61 Å². The van der Waals surface area contributed by atoms with Crippen LogP contribution in [0, 0.1) is 5.92 Å². The van der Waals surface area contributed by atoms with Gasteiger partial charge in [0.25, 0.3) is 0 Å². The largest absolute Gasteiger partial charge is 0.373 e. The van der Waals surface area contributed by atoms with E-state index in [9.17, 15) is 0 Å². The van der Waals surface area contributed by atoms with E-state index in [1.54, 1.807) is 0 Å². The maximum atomic E-state index is 6.11. The van der Waals surface area contributed by atoms with E-state index in [0.29, 0.717) is 6.10 Å². The summed E-state index contributed by atoms with van der Waals surface area (Å²) in [5.41, 5.74) is 2.87. The fraction of sp³-hybridized carbons (Fsp3) is 0.727. The minimum Gasteiger partial charge on any atom is -0.373 e. The molecule has 1 aromatic rings. The lowest BCUT2D eigenvalue weighted by Crippen LogP contribution is -2.20. The Morgan fingerprint density at radius 2 is 1.61 bits per heavy atom. The van der Waals surface area contributed by atoms with Crippen molar-refractivity contribution >= 4 is 0 Å². The molecule has 0 bridgehead atoms. The van der Waals surface area contributed by atoms with E-state index in [1.807, 2.05) is 0 Å². The molecule has 0 saturated carbocycles. The van der Waals surface area contributed by atoms with Crippen LogP contribution >= 0.6 is 0 Å². The maximum absolute atomic E-state index is 6.11. The molecular formula is C22H36O. The van der Waals surface area contributed by atoms with E-state index in [2.05, 4.69) is 38.1 Å². The van der Waals surface area contributed by atoms with Gasteiger partial charge in [-0.2, -0.15) is 0 Å². The Morgan fingerprint density at radius 3 is 2.26 bits per heavy atom. The van der Waals surface area contributed by atoms with Crippen LogP contribution in [0.25, 0.3) is 0 Å². The van der Waals surface area contributed by atoms with Crippen molar-refractivity contribution in [2.24, 2.45) is 5.92 Å². The SMILES string of the molecule is CCCCCCCCc1ccc(C2CCC(CCC)CO2)cc1. The van der Waals surface area contributed by atoms with Gasteiger partial charge in [-0.25, -0.2) is 0 Å². The fourth-order valence-corrected chi connectivity index (χ4v) is 3.71. The average Bonchev–Trinajstić information content (AvgIpc) is 2.60. The number of rotatable bonds is 10. The van der Waals surface area contributed by atoms with Crippen molar-refractivity contribution < 1.29 is 4.74 Å². The Labute approximate surface area is 143 Å². The standard InChI is InChI=1S/C22H36O/c1-3-5-6-7-8-9-11-19-12-15-21(16-13-19)22-17-14-20(10-4-2)18-23-22/h12-13,15-16,20,22H,3-11,14,17-18H2,1-2H3. The van der Waals surface area contributed by atoms with E-state index in [4.69, 9.17) is 4.74 Å². The third-order valence-electron chi connectivity index (χ3n) is 5.24. The van der Waals surface area contributed by atoms with Crippen LogP contribution in [0.2, 0.25) is 0 Å². The number of benzene rings is 1. The summed E-state index contributed by atoms with van der Waals surface area (Å²) in [5, 5.41) is 0. The molecule has 0 spiro atoms. The van der Waals surface area contributed by atoms with E-state index >= 15 is 0 Å². The first-order valence-corrected chi connectivity index (χ1v) is 10.0. The highest BCUT2D eigenvalue weighted by Gasteiger charge is 2.22. The average molecular weight is 317 g/mol. The monoisotopic (exact) mass is 316 g/mol. The van der Waals surface area contributed by atoms with Crippen LogP contribution in [0.15, 0.2) is 24.3 Å². The molecule has 0 N–H and O–H groups in total. The molecule has 1 nitrogen and oxygen atoms in total. The van der Waals surface area contributed by atoms with Gasteiger partial charge in [-0.15, -0.1) is 0 Å². The van der Waals surface area contributed by atoms with Crippen molar-refractivity contribution in [1.29, 1.82) is 0 Å². The minimum atomic E-state index is 0.339. The smallest absolute Gasteiger partial charge is 0.0825 e. The van der Waals surface area contributed by atoms with Gasteiger partial charge in [-0.1, -0.05) is 76.6 Å².